The maximum atomic E-state index is 13.1. The maximum absolute atomic E-state index is 13.1. The molecule has 1 unspecified atom stereocenters. The summed E-state index contributed by atoms with van der Waals surface area (Å²) < 4.78 is 29.1. The summed E-state index contributed by atoms with van der Waals surface area (Å²) in [4.78, 5) is 10.6. The van der Waals surface area contributed by atoms with Gasteiger partial charge in [0, 0.05) is 0 Å². The van der Waals surface area contributed by atoms with Gasteiger partial charge in [0.05, 0.1) is 0 Å². The monoisotopic (exact) mass is 357 g/mol. The van der Waals surface area contributed by atoms with E-state index in [1.807, 2.05) is 0 Å². The molecule has 0 aromatic heterocycles. The van der Waals surface area contributed by atoms with Crippen LogP contribution in [0.5, 0.6) is 5.75 Å². The summed E-state index contributed by atoms with van der Waals surface area (Å²) >= 11 is 7.74. The quantitative estimate of drug-likeness (QED) is 0.767. The van der Waals surface area contributed by atoms with E-state index in [1.165, 1.54) is 24.3 Å². The molecule has 4 nitrogen and oxygen atoms in total. The Balaban J connectivity index is 2.69. The van der Waals surface area contributed by atoms with Crippen LogP contribution in [0, 0.1) is 0 Å². The Kier molecular flexibility index (Phi) is 5.51. The van der Waals surface area contributed by atoms with Crippen molar-refractivity contribution in [1.82, 2.24) is 0 Å². The molecule has 0 aliphatic rings. The minimum Gasteiger partial charge on any atom is -0.480 e. The number of rotatable bonds is 6. The second-order valence-corrected chi connectivity index (χ2v) is 5.64. The SMILES string of the molecule is N[C@@H](Cc1ccc(OC(F)(F)C(Cl)Br)cc1)C(=O)O. The van der Waals surface area contributed by atoms with Gasteiger partial charge < -0.3 is 15.6 Å². The average Bonchev–Trinajstić information content (AvgIpc) is 2.30. The third-order valence-electron chi connectivity index (χ3n) is 2.20. The zero-order chi connectivity index (χ0) is 14.6. The topological polar surface area (TPSA) is 72.5 Å². The molecule has 0 radical (unpaired) electrons. The molecule has 2 atom stereocenters. The minimum absolute atomic E-state index is 0.0808. The van der Waals surface area contributed by atoms with Gasteiger partial charge in [0.1, 0.15) is 11.8 Å². The predicted molar refractivity (Wildman–Crippen MR) is 69.9 cm³/mol. The Morgan fingerprint density at radius 3 is 2.42 bits per heavy atom. The molecular weight excluding hydrogens is 347 g/mol. The van der Waals surface area contributed by atoms with E-state index in [1.54, 1.807) is 0 Å². The molecule has 0 saturated carbocycles. The third kappa shape index (κ3) is 4.93. The van der Waals surface area contributed by atoms with E-state index in [0.29, 0.717) is 5.56 Å². The van der Waals surface area contributed by atoms with Crippen molar-refractivity contribution in [2.24, 2.45) is 5.73 Å². The van der Waals surface area contributed by atoms with Crippen LogP contribution in [0.2, 0.25) is 0 Å². The summed E-state index contributed by atoms with van der Waals surface area (Å²) in [5.41, 5.74) is 5.96. The number of nitrogens with two attached hydrogens (primary N) is 1. The van der Waals surface area contributed by atoms with E-state index in [4.69, 9.17) is 22.4 Å². The van der Waals surface area contributed by atoms with E-state index in [0.717, 1.165) is 0 Å². The van der Waals surface area contributed by atoms with Gasteiger partial charge in [-0.3, -0.25) is 4.79 Å². The van der Waals surface area contributed by atoms with E-state index in [2.05, 4.69) is 20.7 Å². The van der Waals surface area contributed by atoms with Crippen LogP contribution in [0.15, 0.2) is 24.3 Å². The number of ether oxygens (including phenoxy) is 1. The van der Waals surface area contributed by atoms with Crippen LogP contribution in [0.4, 0.5) is 8.78 Å². The van der Waals surface area contributed by atoms with E-state index < -0.39 is 22.4 Å². The second kappa shape index (κ2) is 6.49. The van der Waals surface area contributed by atoms with E-state index in [9.17, 15) is 13.6 Å². The Hall–Kier alpha value is -0.920. The number of carboxylic acid groups (broad SMARTS) is 1. The average molecular weight is 359 g/mol. The molecule has 0 aliphatic carbocycles. The molecule has 3 N–H and O–H groups in total. The lowest BCUT2D eigenvalue weighted by Gasteiger charge is -2.19. The Morgan fingerprint density at radius 1 is 1.47 bits per heavy atom. The number of aliphatic carboxylic acids is 1. The van der Waals surface area contributed by atoms with Gasteiger partial charge in [-0.2, -0.15) is 8.78 Å². The summed E-state index contributed by atoms with van der Waals surface area (Å²) in [5, 5.41) is 8.64. The fourth-order valence-corrected chi connectivity index (χ4v) is 1.37. The molecule has 1 aromatic rings. The molecule has 0 saturated heterocycles. The van der Waals surface area contributed by atoms with Crippen molar-refractivity contribution >= 4 is 33.5 Å². The molecule has 0 bridgehead atoms. The van der Waals surface area contributed by atoms with Gasteiger partial charge in [-0.15, -0.1) is 0 Å². The predicted octanol–water partition coefficient (Wildman–Crippen LogP) is 2.57. The number of alkyl halides is 4. The highest BCUT2D eigenvalue weighted by atomic mass is 79.9. The minimum atomic E-state index is -3.56. The van der Waals surface area contributed by atoms with Crippen molar-refractivity contribution in [3.8, 4) is 5.75 Å². The van der Waals surface area contributed by atoms with Gasteiger partial charge in [0.2, 0.25) is 0 Å². The van der Waals surface area contributed by atoms with Crippen LogP contribution >= 0.6 is 27.5 Å². The largest absolute Gasteiger partial charge is 0.480 e. The van der Waals surface area contributed by atoms with Crippen LogP contribution in [-0.4, -0.2) is 27.5 Å². The lowest BCUT2D eigenvalue weighted by Crippen LogP contribution is -2.32. The summed E-state index contributed by atoms with van der Waals surface area (Å²) in [6.45, 7) is 0. The summed E-state index contributed by atoms with van der Waals surface area (Å²) in [6.07, 6.45) is -3.46. The second-order valence-electron chi connectivity index (χ2n) is 3.76. The van der Waals surface area contributed by atoms with Crippen molar-refractivity contribution in [3.05, 3.63) is 29.8 Å². The molecule has 1 aromatic carbocycles. The van der Waals surface area contributed by atoms with Crippen LogP contribution in [0.1, 0.15) is 5.56 Å². The van der Waals surface area contributed by atoms with Gasteiger partial charge >= 0.3 is 12.1 Å². The summed E-state index contributed by atoms with van der Waals surface area (Å²) in [6, 6.07) is 4.48. The third-order valence-corrected chi connectivity index (χ3v) is 2.99. The molecule has 0 aliphatic heterocycles. The first kappa shape index (κ1) is 16.1. The van der Waals surface area contributed by atoms with E-state index in [-0.39, 0.29) is 12.2 Å². The Bertz CT molecular complexity index is 442. The number of carboxylic acids is 1. The van der Waals surface area contributed by atoms with Gasteiger partial charge in [0.15, 0.2) is 4.29 Å². The highest BCUT2D eigenvalue weighted by Gasteiger charge is 2.39. The molecule has 19 heavy (non-hydrogen) atoms. The Morgan fingerprint density at radius 2 is 2.00 bits per heavy atom. The summed E-state index contributed by atoms with van der Waals surface area (Å²) in [7, 11) is 0. The molecule has 106 valence electrons. The fourth-order valence-electron chi connectivity index (χ4n) is 1.24. The van der Waals surface area contributed by atoms with Crippen LogP contribution in [0.25, 0.3) is 0 Å². The lowest BCUT2D eigenvalue weighted by atomic mass is 10.1. The van der Waals surface area contributed by atoms with Crippen molar-refractivity contribution in [2.45, 2.75) is 22.9 Å². The summed E-state index contributed by atoms with van der Waals surface area (Å²) in [5.74, 6) is -1.21. The number of halogens is 4. The molecule has 0 amide bonds. The lowest BCUT2D eigenvalue weighted by molar-refractivity contribution is -0.161. The fraction of sp³-hybridized carbons (Fsp3) is 0.364. The first-order valence-corrected chi connectivity index (χ1v) is 6.50. The van der Waals surface area contributed by atoms with Crippen LogP contribution in [0.3, 0.4) is 0 Å². The van der Waals surface area contributed by atoms with Crippen molar-refractivity contribution in [2.75, 3.05) is 0 Å². The Labute approximate surface area is 121 Å². The number of hydrogen-bond donors (Lipinski definition) is 2. The molecule has 0 heterocycles. The molecular formula is C11H11BrClF2NO3. The molecule has 1 rings (SSSR count). The first-order valence-electron chi connectivity index (χ1n) is 5.14. The van der Waals surface area contributed by atoms with Gasteiger partial charge in [-0.05, 0) is 24.1 Å². The highest BCUT2D eigenvalue weighted by Crippen LogP contribution is 2.31. The van der Waals surface area contributed by atoms with Gasteiger partial charge in [-0.25, -0.2) is 0 Å². The number of hydrogen-bond acceptors (Lipinski definition) is 3. The van der Waals surface area contributed by atoms with Crippen molar-refractivity contribution in [3.63, 3.8) is 0 Å². The van der Waals surface area contributed by atoms with Crippen molar-refractivity contribution < 1.29 is 23.4 Å². The molecule has 0 fully saturated rings. The normalized spacial score (nSPS) is 14.8. The van der Waals surface area contributed by atoms with Crippen LogP contribution in [-0.2, 0) is 11.2 Å². The standard InChI is InChI=1S/C11H11BrClF2NO3/c12-10(13)11(14,15)19-7-3-1-6(2-4-7)5-8(16)9(17)18/h1-4,8,10H,5,16H2,(H,17,18)/t8-,10?/m0/s1. The molecule has 8 heteroatoms. The zero-order valence-corrected chi connectivity index (χ0v) is 11.9. The van der Waals surface area contributed by atoms with Crippen LogP contribution < -0.4 is 10.5 Å². The van der Waals surface area contributed by atoms with Crippen molar-refractivity contribution in [1.29, 1.82) is 0 Å². The molecule has 0 spiro atoms. The number of benzene rings is 1. The first-order chi connectivity index (χ1) is 8.72. The van der Waals surface area contributed by atoms with Gasteiger partial charge in [0.25, 0.3) is 0 Å². The zero-order valence-electron chi connectivity index (χ0n) is 9.52. The van der Waals surface area contributed by atoms with Gasteiger partial charge in [-0.1, -0.05) is 39.7 Å². The maximum Gasteiger partial charge on any atom is 0.424 e. The smallest absolute Gasteiger partial charge is 0.424 e. The van der Waals surface area contributed by atoms with E-state index >= 15 is 0 Å². The highest BCUT2D eigenvalue weighted by molar-refractivity contribution is 9.10. The number of carbonyl (C=O) groups is 1.